The Morgan fingerprint density at radius 1 is 0.923 bits per heavy atom. The third-order valence-corrected chi connectivity index (χ3v) is 2.91. The third kappa shape index (κ3) is 2.77. The molecule has 0 fully saturated rings. The van der Waals surface area contributed by atoms with Crippen molar-refractivity contribution in [2.45, 2.75) is 19.4 Å². The first-order valence-electron chi connectivity index (χ1n) is 2.55. The van der Waals surface area contributed by atoms with Crippen molar-refractivity contribution in [1.82, 2.24) is 0 Å². The highest BCUT2D eigenvalue weighted by atomic mass is 79.9. The molecule has 0 aromatic heterocycles. The lowest BCUT2D eigenvalue weighted by molar-refractivity contribution is -0.194. The molecule has 0 aromatic carbocycles. The molecule has 0 N–H and O–H groups in total. The highest BCUT2D eigenvalue weighted by Gasteiger charge is 2.70. The van der Waals surface area contributed by atoms with Crippen LogP contribution in [0.3, 0.4) is 0 Å². The molecule has 0 aliphatic heterocycles. The van der Waals surface area contributed by atoms with Crippen LogP contribution < -0.4 is 0 Å². The van der Waals surface area contributed by atoms with Crippen LogP contribution >= 0.6 is 66.7 Å². The van der Waals surface area contributed by atoms with E-state index in [4.69, 9.17) is 34.8 Å². The van der Waals surface area contributed by atoms with E-state index in [0.29, 0.717) is 0 Å². The first kappa shape index (κ1) is 14.6. The van der Waals surface area contributed by atoms with Gasteiger partial charge in [0.2, 0.25) is 0 Å². The number of rotatable bonds is 2. The van der Waals surface area contributed by atoms with Gasteiger partial charge in [0.05, 0.1) is 0 Å². The highest BCUT2D eigenvalue weighted by Crippen LogP contribution is 2.54. The standard InChI is InChI=1S/C4HBr2Cl3F4/c5-1(6)2(10,11)3(12,13)4(7,8)9/h1H. The fraction of sp³-hybridized carbons (Fsp3) is 1.00. The van der Waals surface area contributed by atoms with Crippen molar-refractivity contribution in [3.63, 3.8) is 0 Å². The molecule has 0 rings (SSSR count). The van der Waals surface area contributed by atoms with Crippen LogP contribution in [0.4, 0.5) is 17.6 Å². The Morgan fingerprint density at radius 2 is 1.23 bits per heavy atom. The van der Waals surface area contributed by atoms with E-state index < -0.39 is 19.4 Å². The summed E-state index contributed by atoms with van der Waals surface area (Å²) in [7, 11) is 0. The summed E-state index contributed by atoms with van der Waals surface area (Å²) in [5, 5.41) is 0. The van der Waals surface area contributed by atoms with Crippen LogP contribution in [0.2, 0.25) is 0 Å². The SMILES string of the molecule is FC(F)(C(Br)Br)C(F)(F)C(Cl)(Cl)Cl. The van der Waals surface area contributed by atoms with Crippen molar-refractivity contribution in [1.29, 1.82) is 0 Å². The van der Waals surface area contributed by atoms with Crippen molar-refractivity contribution < 1.29 is 17.6 Å². The quantitative estimate of drug-likeness (QED) is 0.471. The molecule has 9 heteroatoms. The largest absolute Gasteiger partial charge is 0.358 e. The van der Waals surface area contributed by atoms with Crippen LogP contribution in [-0.4, -0.2) is 19.4 Å². The molecule has 0 bridgehead atoms. The van der Waals surface area contributed by atoms with E-state index in [9.17, 15) is 17.6 Å². The van der Waals surface area contributed by atoms with Crippen molar-refractivity contribution in [2.24, 2.45) is 0 Å². The van der Waals surface area contributed by atoms with E-state index >= 15 is 0 Å². The van der Waals surface area contributed by atoms with E-state index in [1.807, 2.05) is 0 Å². The van der Waals surface area contributed by atoms with Crippen LogP contribution in [0, 0.1) is 0 Å². The third-order valence-electron chi connectivity index (χ3n) is 1.05. The Bertz CT molecular complexity index is 190. The molecule has 0 unspecified atom stereocenters. The van der Waals surface area contributed by atoms with Gasteiger partial charge in [-0.2, -0.15) is 17.6 Å². The van der Waals surface area contributed by atoms with E-state index in [1.54, 1.807) is 0 Å². The number of hydrogen-bond acceptors (Lipinski definition) is 0. The molecule has 0 amide bonds. The number of alkyl halides is 9. The van der Waals surface area contributed by atoms with Gasteiger partial charge < -0.3 is 0 Å². The maximum absolute atomic E-state index is 12.8. The van der Waals surface area contributed by atoms with Gasteiger partial charge in [-0.15, -0.1) is 0 Å². The van der Waals surface area contributed by atoms with E-state index in [0.717, 1.165) is 0 Å². The fourth-order valence-corrected chi connectivity index (χ4v) is 1.28. The summed E-state index contributed by atoms with van der Waals surface area (Å²) in [6, 6.07) is 0. The minimum absolute atomic E-state index is 1.99. The smallest absolute Gasteiger partial charge is 0.197 e. The molecule has 80 valence electrons. The summed E-state index contributed by atoms with van der Waals surface area (Å²) in [5.74, 6) is -9.29. The minimum Gasteiger partial charge on any atom is -0.197 e. The van der Waals surface area contributed by atoms with Gasteiger partial charge in [0.25, 0.3) is 3.79 Å². The van der Waals surface area contributed by atoms with Gasteiger partial charge in [0.15, 0.2) is 0 Å². The van der Waals surface area contributed by atoms with Gasteiger partial charge in [-0.05, 0) is 0 Å². The summed E-state index contributed by atoms with van der Waals surface area (Å²) in [6.45, 7) is 0. The predicted molar refractivity (Wildman–Crippen MR) is 51.8 cm³/mol. The van der Waals surface area contributed by atoms with Crippen LogP contribution in [0.25, 0.3) is 0 Å². The maximum atomic E-state index is 12.8. The Labute approximate surface area is 103 Å². The zero-order chi connectivity index (χ0) is 11.1. The second-order valence-electron chi connectivity index (χ2n) is 2.00. The zero-order valence-corrected chi connectivity index (χ0v) is 10.9. The van der Waals surface area contributed by atoms with Crippen molar-refractivity contribution >= 4 is 66.7 Å². The topological polar surface area (TPSA) is 0 Å². The van der Waals surface area contributed by atoms with Crippen LogP contribution in [0.1, 0.15) is 0 Å². The molecule has 0 nitrogen and oxygen atoms in total. The second-order valence-corrected chi connectivity index (χ2v) is 7.34. The highest BCUT2D eigenvalue weighted by molar-refractivity contribution is 9.24. The van der Waals surface area contributed by atoms with Crippen LogP contribution in [-0.2, 0) is 0 Å². The average molecular weight is 391 g/mol. The fourth-order valence-electron chi connectivity index (χ4n) is 0.326. The summed E-state index contributed by atoms with van der Waals surface area (Å²) in [4.78, 5) is 0. The van der Waals surface area contributed by atoms with E-state index in [-0.39, 0.29) is 0 Å². The lowest BCUT2D eigenvalue weighted by atomic mass is 10.2. The summed E-state index contributed by atoms with van der Waals surface area (Å²) < 4.78 is 45.6. The van der Waals surface area contributed by atoms with Crippen molar-refractivity contribution in [3.05, 3.63) is 0 Å². The molecule has 0 atom stereocenters. The van der Waals surface area contributed by atoms with E-state index in [1.165, 1.54) is 0 Å². The second kappa shape index (κ2) is 4.20. The lowest BCUT2D eigenvalue weighted by Gasteiger charge is -2.32. The Balaban J connectivity index is 5.04. The monoisotopic (exact) mass is 388 g/mol. The van der Waals surface area contributed by atoms with Gasteiger partial charge in [0.1, 0.15) is 3.74 Å². The predicted octanol–water partition coefficient (Wildman–Crippen LogP) is 4.74. The molecule has 0 radical (unpaired) electrons. The molecular weight excluding hydrogens is 390 g/mol. The van der Waals surface area contributed by atoms with Gasteiger partial charge in [-0.1, -0.05) is 66.7 Å². The molecule has 0 saturated carbocycles. The first-order valence-corrected chi connectivity index (χ1v) is 5.51. The Morgan fingerprint density at radius 3 is 1.31 bits per heavy atom. The van der Waals surface area contributed by atoms with Crippen molar-refractivity contribution in [3.8, 4) is 0 Å². The Kier molecular flexibility index (Phi) is 4.70. The average Bonchev–Trinajstić information content (AvgIpc) is 1.84. The molecule has 0 aliphatic rings. The summed E-state index contributed by atoms with van der Waals surface area (Å²) >= 11 is 18.6. The zero-order valence-electron chi connectivity index (χ0n) is 5.48. The molecule has 0 aromatic rings. The van der Waals surface area contributed by atoms with Gasteiger partial charge in [0, 0.05) is 0 Å². The molecule has 0 aliphatic carbocycles. The maximum Gasteiger partial charge on any atom is 0.358 e. The Hall–Kier alpha value is 1.55. The minimum atomic E-state index is -4.78. The molecule has 13 heavy (non-hydrogen) atoms. The molecular formula is C4HBr2Cl3F4. The van der Waals surface area contributed by atoms with Gasteiger partial charge >= 0.3 is 11.8 Å². The van der Waals surface area contributed by atoms with E-state index in [2.05, 4.69) is 31.9 Å². The van der Waals surface area contributed by atoms with Crippen LogP contribution in [0.5, 0.6) is 0 Å². The van der Waals surface area contributed by atoms with Gasteiger partial charge in [-0.3, -0.25) is 0 Å². The summed E-state index contributed by atoms with van der Waals surface area (Å²) in [6.07, 6.45) is 0. The first-order chi connectivity index (χ1) is 5.44. The van der Waals surface area contributed by atoms with Crippen LogP contribution in [0.15, 0.2) is 0 Å². The van der Waals surface area contributed by atoms with Gasteiger partial charge in [-0.25, -0.2) is 0 Å². The lowest BCUT2D eigenvalue weighted by Crippen LogP contribution is -2.53. The molecule has 0 heterocycles. The molecule has 0 saturated heterocycles. The molecule has 0 spiro atoms. The normalized spacial score (nSPS) is 15.2. The summed E-state index contributed by atoms with van der Waals surface area (Å²) in [5.41, 5.74) is 0. The van der Waals surface area contributed by atoms with Crippen molar-refractivity contribution in [2.75, 3.05) is 0 Å². The number of hydrogen-bond donors (Lipinski definition) is 0. The number of halogens is 9.